The van der Waals surface area contributed by atoms with Gasteiger partial charge in [-0.3, -0.25) is 4.55 Å². The summed E-state index contributed by atoms with van der Waals surface area (Å²) >= 11 is 0. The summed E-state index contributed by atoms with van der Waals surface area (Å²) in [5.41, 5.74) is 0.832. The van der Waals surface area contributed by atoms with Gasteiger partial charge in [0.1, 0.15) is 5.82 Å². The van der Waals surface area contributed by atoms with Gasteiger partial charge in [0.05, 0.1) is 6.26 Å². The fraction of sp³-hybridized carbons (Fsp3) is 0.429. The molecule has 0 unspecified atom stereocenters. The zero-order chi connectivity index (χ0) is 18.8. The Morgan fingerprint density at radius 2 is 1.79 bits per heavy atom. The van der Waals surface area contributed by atoms with Gasteiger partial charge in [-0.25, -0.2) is 4.39 Å². The van der Waals surface area contributed by atoms with Crippen LogP contribution in [0, 0.1) is 23.6 Å². The van der Waals surface area contributed by atoms with Gasteiger partial charge in [0, 0.05) is 17.2 Å². The Kier molecular flexibility index (Phi) is 5.86. The quantitative estimate of drug-likeness (QED) is 0.305. The number of aliphatic hydroxyl groups is 1. The molecule has 1 aliphatic rings. The van der Waals surface area contributed by atoms with E-state index in [1.807, 2.05) is 5.92 Å². The van der Waals surface area contributed by atoms with E-state index in [0.717, 1.165) is 12.1 Å². The minimum atomic E-state index is -5.06. The van der Waals surface area contributed by atoms with Crippen LogP contribution >= 0.6 is 0 Å². The van der Waals surface area contributed by atoms with Crippen LogP contribution < -0.4 is 5.73 Å². The minimum absolute atomic E-state index is 0.136. The molecule has 10 heteroatoms. The average Bonchev–Trinajstić information content (AvgIpc) is 3.19. The van der Waals surface area contributed by atoms with Crippen molar-refractivity contribution in [3.05, 3.63) is 29.6 Å². The summed E-state index contributed by atoms with van der Waals surface area (Å²) < 4.78 is 78.1. The molecule has 24 heavy (non-hydrogen) atoms. The fourth-order valence-electron chi connectivity index (χ4n) is 1.57. The van der Waals surface area contributed by atoms with Gasteiger partial charge in [-0.05, 0) is 31.0 Å². The van der Waals surface area contributed by atoms with E-state index in [0.29, 0.717) is 25.2 Å². The summed E-state index contributed by atoms with van der Waals surface area (Å²) in [5, 5.41) is 9.86. The summed E-state index contributed by atoms with van der Waals surface area (Å²) in [6.45, 7) is 0. The lowest BCUT2D eigenvalue weighted by atomic mass is 9.91. The molecule has 5 nitrogen and oxygen atoms in total. The Morgan fingerprint density at radius 1 is 1.29 bits per heavy atom. The highest BCUT2D eigenvalue weighted by Gasteiger charge is 2.55. The van der Waals surface area contributed by atoms with Crippen LogP contribution in [0.25, 0.3) is 0 Å². The highest BCUT2D eigenvalue weighted by molar-refractivity contribution is 7.85. The second-order valence-corrected chi connectivity index (χ2v) is 6.68. The first-order valence-corrected chi connectivity index (χ1v) is 8.38. The molecule has 0 spiro atoms. The van der Waals surface area contributed by atoms with Crippen LogP contribution in [0.5, 0.6) is 0 Å². The molecule has 2 rings (SSSR count). The summed E-state index contributed by atoms with van der Waals surface area (Å²) in [7, 11) is -3.67. The van der Waals surface area contributed by atoms with E-state index < -0.39 is 33.3 Å². The van der Waals surface area contributed by atoms with E-state index in [1.54, 1.807) is 0 Å². The Bertz CT molecular complexity index is 755. The molecule has 0 heterocycles. The van der Waals surface area contributed by atoms with Gasteiger partial charge in [-0.15, -0.1) is 0 Å². The molecule has 1 atom stereocenters. The van der Waals surface area contributed by atoms with E-state index in [4.69, 9.17) is 10.3 Å². The second-order valence-electron chi connectivity index (χ2n) is 5.22. The predicted octanol–water partition coefficient (Wildman–Crippen LogP) is 2.08. The maximum absolute atomic E-state index is 13.1. The number of hydrogen-bond acceptors (Lipinski definition) is 4. The first-order chi connectivity index (χ1) is 10.7. The fourth-order valence-corrected chi connectivity index (χ4v) is 1.57. The number of anilines is 1. The van der Waals surface area contributed by atoms with Gasteiger partial charge in [0.2, 0.25) is 5.60 Å². The van der Waals surface area contributed by atoms with Crippen LogP contribution in [0.3, 0.4) is 0 Å². The second kappa shape index (κ2) is 6.96. The third kappa shape index (κ3) is 5.99. The molecule has 4 N–H and O–H groups in total. The van der Waals surface area contributed by atoms with Crippen LogP contribution in [0.1, 0.15) is 18.4 Å². The molecule has 0 aromatic heterocycles. The van der Waals surface area contributed by atoms with Crippen LogP contribution in [0.2, 0.25) is 0 Å². The van der Waals surface area contributed by atoms with Crippen molar-refractivity contribution in [2.45, 2.75) is 24.6 Å². The number of halogens is 4. The van der Waals surface area contributed by atoms with E-state index in [2.05, 4.69) is 5.92 Å². The highest BCUT2D eigenvalue weighted by Crippen LogP contribution is 2.41. The van der Waals surface area contributed by atoms with Crippen molar-refractivity contribution in [2.24, 2.45) is 5.92 Å². The maximum atomic E-state index is 13.1. The van der Waals surface area contributed by atoms with Crippen molar-refractivity contribution in [2.75, 3.05) is 12.0 Å². The molecule has 1 aliphatic carbocycles. The lowest BCUT2D eigenvalue weighted by molar-refractivity contribution is -0.240. The highest BCUT2D eigenvalue weighted by atomic mass is 32.2. The van der Waals surface area contributed by atoms with Crippen LogP contribution in [-0.2, 0) is 15.7 Å². The molecule has 0 bridgehead atoms. The summed E-state index contributed by atoms with van der Waals surface area (Å²) in [5.74, 6) is 3.12. The van der Waals surface area contributed by atoms with E-state index in [9.17, 15) is 31.1 Å². The lowest BCUT2D eigenvalue weighted by Gasteiger charge is -2.26. The molecule has 1 saturated carbocycles. The first-order valence-electron chi connectivity index (χ1n) is 6.54. The van der Waals surface area contributed by atoms with Crippen molar-refractivity contribution >= 4 is 15.8 Å². The largest absolute Gasteiger partial charge is 0.433 e. The topological polar surface area (TPSA) is 101 Å². The number of alkyl halides is 3. The van der Waals surface area contributed by atoms with Crippen LogP contribution in [0.15, 0.2) is 18.2 Å². The molecular formula is C14H15F4NO4S. The number of nitrogens with two attached hydrogens (primary N) is 1. The lowest BCUT2D eigenvalue weighted by Crippen LogP contribution is -2.41. The van der Waals surface area contributed by atoms with E-state index in [1.165, 1.54) is 0 Å². The summed E-state index contributed by atoms with van der Waals surface area (Å²) in [6.07, 6.45) is -2.93. The van der Waals surface area contributed by atoms with Crippen molar-refractivity contribution < 1.29 is 35.6 Å². The van der Waals surface area contributed by atoms with E-state index >= 15 is 0 Å². The molecule has 0 saturated heterocycles. The van der Waals surface area contributed by atoms with E-state index in [-0.39, 0.29) is 11.6 Å². The smallest absolute Gasteiger partial charge is 0.398 e. The van der Waals surface area contributed by atoms with Crippen LogP contribution in [0.4, 0.5) is 23.2 Å². The monoisotopic (exact) mass is 369 g/mol. The van der Waals surface area contributed by atoms with Gasteiger partial charge < -0.3 is 10.8 Å². The zero-order valence-corrected chi connectivity index (χ0v) is 13.2. The maximum Gasteiger partial charge on any atom is 0.433 e. The van der Waals surface area contributed by atoms with Gasteiger partial charge >= 0.3 is 6.18 Å². The molecule has 1 aromatic carbocycles. The molecule has 1 fully saturated rings. The van der Waals surface area contributed by atoms with Crippen LogP contribution in [-0.4, -0.2) is 30.5 Å². The van der Waals surface area contributed by atoms with Gasteiger partial charge in [0.15, 0.2) is 0 Å². The Morgan fingerprint density at radius 3 is 2.21 bits per heavy atom. The number of nitrogen functional groups attached to an aromatic ring is 1. The summed E-state index contributed by atoms with van der Waals surface area (Å²) in [4.78, 5) is 0. The predicted molar refractivity (Wildman–Crippen MR) is 78.7 cm³/mol. The molecule has 0 aliphatic heterocycles. The molecule has 1 aromatic rings. The Hall–Kier alpha value is -1.83. The Labute approximate surface area is 136 Å². The molecule has 134 valence electrons. The third-order valence-electron chi connectivity index (χ3n) is 2.85. The van der Waals surface area contributed by atoms with Gasteiger partial charge in [-0.1, -0.05) is 11.8 Å². The number of hydrogen-bond donors (Lipinski definition) is 3. The molecule has 0 radical (unpaired) electrons. The number of benzene rings is 1. The average molecular weight is 369 g/mol. The minimum Gasteiger partial charge on any atom is -0.398 e. The standard InChI is InChI=1S/C13H11F4NO.CH4O3S/c14-9-3-4-11(18)10(7-9)12(19,13(15,16)17)6-5-8-1-2-8;1-5(2,3)4/h3-4,7-8,19H,1-2,18H2;1H3,(H,2,3,4)/t12-;/m1./s1. The van der Waals surface area contributed by atoms with Crippen molar-refractivity contribution in [1.29, 1.82) is 0 Å². The van der Waals surface area contributed by atoms with Crippen molar-refractivity contribution in [1.82, 2.24) is 0 Å². The van der Waals surface area contributed by atoms with Gasteiger partial charge in [-0.2, -0.15) is 21.6 Å². The molecule has 0 amide bonds. The Balaban J connectivity index is 0.000000505. The van der Waals surface area contributed by atoms with Crippen molar-refractivity contribution in [3.8, 4) is 11.8 Å². The SMILES string of the molecule is CS(=O)(=O)O.Nc1ccc(F)cc1[C@](O)(C#CC1CC1)C(F)(F)F. The summed E-state index contributed by atoms with van der Waals surface area (Å²) in [6, 6.07) is 2.45. The van der Waals surface area contributed by atoms with Crippen molar-refractivity contribution in [3.63, 3.8) is 0 Å². The number of rotatable bonds is 1. The first kappa shape index (κ1) is 20.2. The zero-order valence-electron chi connectivity index (χ0n) is 12.4. The normalized spacial score (nSPS) is 17.0. The molecular weight excluding hydrogens is 354 g/mol. The third-order valence-corrected chi connectivity index (χ3v) is 2.85. The van der Waals surface area contributed by atoms with Gasteiger partial charge in [0.25, 0.3) is 10.1 Å².